The predicted octanol–water partition coefficient (Wildman–Crippen LogP) is 3.07. The lowest BCUT2D eigenvalue weighted by Gasteiger charge is -2.02. The lowest BCUT2D eigenvalue weighted by Crippen LogP contribution is -2.00. The highest BCUT2D eigenvalue weighted by Crippen LogP contribution is 2.28. The van der Waals surface area contributed by atoms with Crippen molar-refractivity contribution in [1.29, 1.82) is 5.26 Å². The molecule has 3 nitrogen and oxygen atoms in total. The number of hydrogen-bond donors (Lipinski definition) is 0. The van der Waals surface area contributed by atoms with E-state index >= 15 is 0 Å². The fraction of sp³-hybridized carbons (Fsp3) is 0.0769. The van der Waals surface area contributed by atoms with Crippen LogP contribution in [0.3, 0.4) is 0 Å². The first-order valence-corrected chi connectivity index (χ1v) is 5.80. The number of methoxy groups -OCH3 is 1. The minimum Gasteiger partial charge on any atom is -0.465 e. The zero-order chi connectivity index (χ0) is 12.3. The van der Waals surface area contributed by atoms with Gasteiger partial charge in [-0.05, 0) is 29.1 Å². The molecule has 0 fully saturated rings. The second kappa shape index (κ2) is 4.81. The van der Waals surface area contributed by atoms with Crippen LogP contribution in [0.5, 0.6) is 0 Å². The van der Waals surface area contributed by atoms with Crippen molar-refractivity contribution >= 4 is 17.3 Å². The van der Waals surface area contributed by atoms with Crippen LogP contribution in [0.2, 0.25) is 0 Å². The first-order valence-electron chi connectivity index (χ1n) is 4.92. The Morgan fingerprint density at radius 1 is 1.41 bits per heavy atom. The van der Waals surface area contributed by atoms with Gasteiger partial charge in [0.15, 0.2) is 0 Å². The van der Waals surface area contributed by atoms with E-state index < -0.39 is 0 Å². The number of carbonyl (C=O) groups is 1. The van der Waals surface area contributed by atoms with Gasteiger partial charge in [-0.15, -0.1) is 11.3 Å². The van der Waals surface area contributed by atoms with E-state index in [4.69, 9.17) is 5.26 Å². The summed E-state index contributed by atoms with van der Waals surface area (Å²) in [6.45, 7) is 0. The normalized spacial score (nSPS) is 9.65. The number of hydrogen-bond acceptors (Lipinski definition) is 4. The SMILES string of the molecule is COC(=O)c1cccc(-c2ccsc2C#N)c1. The van der Waals surface area contributed by atoms with E-state index in [0.29, 0.717) is 10.4 Å². The fourth-order valence-corrected chi connectivity index (χ4v) is 2.26. The average Bonchev–Trinajstić information content (AvgIpc) is 2.86. The molecule has 1 aromatic heterocycles. The van der Waals surface area contributed by atoms with Crippen molar-refractivity contribution in [3.05, 3.63) is 46.2 Å². The third kappa shape index (κ3) is 2.19. The maximum absolute atomic E-state index is 11.4. The van der Waals surface area contributed by atoms with Gasteiger partial charge in [-0.25, -0.2) is 4.79 Å². The van der Waals surface area contributed by atoms with Crippen LogP contribution in [-0.2, 0) is 4.74 Å². The average molecular weight is 243 g/mol. The number of carbonyl (C=O) groups excluding carboxylic acids is 1. The van der Waals surface area contributed by atoms with Gasteiger partial charge in [-0.2, -0.15) is 5.26 Å². The molecule has 84 valence electrons. The fourth-order valence-electron chi connectivity index (χ4n) is 1.55. The zero-order valence-electron chi connectivity index (χ0n) is 9.14. The van der Waals surface area contributed by atoms with E-state index in [1.165, 1.54) is 18.4 Å². The highest BCUT2D eigenvalue weighted by Gasteiger charge is 2.10. The van der Waals surface area contributed by atoms with Crippen molar-refractivity contribution < 1.29 is 9.53 Å². The summed E-state index contributed by atoms with van der Waals surface area (Å²) in [5, 5.41) is 10.8. The van der Waals surface area contributed by atoms with Gasteiger partial charge >= 0.3 is 5.97 Å². The molecule has 2 rings (SSSR count). The van der Waals surface area contributed by atoms with E-state index in [9.17, 15) is 4.79 Å². The Kier molecular flexibility index (Phi) is 3.22. The third-order valence-electron chi connectivity index (χ3n) is 2.36. The van der Waals surface area contributed by atoms with Crippen molar-refractivity contribution in [3.63, 3.8) is 0 Å². The molecule has 4 heteroatoms. The Bertz CT molecular complexity index is 595. The lowest BCUT2D eigenvalue weighted by molar-refractivity contribution is 0.0601. The molecule has 0 radical (unpaired) electrons. The lowest BCUT2D eigenvalue weighted by atomic mass is 10.0. The summed E-state index contributed by atoms with van der Waals surface area (Å²) in [7, 11) is 1.35. The van der Waals surface area contributed by atoms with Crippen LogP contribution in [-0.4, -0.2) is 13.1 Å². The number of rotatable bonds is 2. The molecule has 0 atom stereocenters. The largest absolute Gasteiger partial charge is 0.465 e. The minimum absolute atomic E-state index is 0.374. The van der Waals surface area contributed by atoms with Gasteiger partial charge in [0, 0.05) is 5.56 Å². The van der Waals surface area contributed by atoms with Crippen LogP contribution >= 0.6 is 11.3 Å². The number of esters is 1. The second-order valence-corrected chi connectivity index (χ2v) is 4.26. The summed E-state index contributed by atoms with van der Waals surface area (Å²) in [5.41, 5.74) is 2.19. The van der Waals surface area contributed by atoms with Crippen LogP contribution in [0.1, 0.15) is 15.2 Å². The molecule has 0 aliphatic heterocycles. The van der Waals surface area contributed by atoms with Crippen molar-refractivity contribution in [1.82, 2.24) is 0 Å². The summed E-state index contributed by atoms with van der Waals surface area (Å²) >= 11 is 1.39. The predicted molar refractivity (Wildman–Crippen MR) is 65.8 cm³/mol. The molecule has 1 aromatic carbocycles. The van der Waals surface area contributed by atoms with Gasteiger partial charge in [0.05, 0.1) is 12.7 Å². The van der Waals surface area contributed by atoms with Crippen molar-refractivity contribution in [2.45, 2.75) is 0 Å². The molecule has 0 saturated heterocycles. The van der Waals surface area contributed by atoms with Gasteiger partial charge in [-0.1, -0.05) is 12.1 Å². The number of benzene rings is 1. The molecule has 1 heterocycles. The van der Waals surface area contributed by atoms with Crippen LogP contribution in [0.15, 0.2) is 35.7 Å². The Morgan fingerprint density at radius 3 is 2.94 bits per heavy atom. The van der Waals surface area contributed by atoms with E-state index in [1.54, 1.807) is 18.2 Å². The Labute approximate surface area is 103 Å². The summed E-state index contributed by atoms with van der Waals surface area (Å²) in [4.78, 5) is 12.1. The van der Waals surface area contributed by atoms with Crippen LogP contribution in [0.25, 0.3) is 11.1 Å². The molecular weight excluding hydrogens is 234 g/mol. The number of nitriles is 1. The zero-order valence-corrected chi connectivity index (χ0v) is 9.95. The first-order chi connectivity index (χ1) is 8.26. The molecule has 2 aromatic rings. The molecule has 0 aliphatic rings. The van der Waals surface area contributed by atoms with Gasteiger partial charge < -0.3 is 4.74 Å². The van der Waals surface area contributed by atoms with Gasteiger partial charge in [0.25, 0.3) is 0 Å². The van der Waals surface area contributed by atoms with E-state index in [2.05, 4.69) is 10.8 Å². The molecule has 0 unspecified atom stereocenters. The smallest absolute Gasteiger partial charge is 0.337 e. The molecule has 17 heavy (non-hydrogen) atoms. The molecule has 0 amide bonds. The number of nitrogens with zero attached hydrogens (tertiary/aromatic N) is 1. The van der Waals surface area contributed by atoms with Crippen LogP contribution in [0.4, 0.5) is 0 Å². The van der Waals surface area contributed by atoms with Crippen LogP contribution < -0.4 is 0 Å². The topological polar surface area (TPSA) is 50.1 Å². The maximum Gasteiger partial charge on any atom is 0.337 e. The number of thiophene rings is 1. The van der Waals surface area contributed by atoms with E-state index in [0.717, 1.165) is 11.1 Å². The van der Waals surface area contributed by atoms with Gasteiger partial charge in [0.1, 0.15) is 10.9 Å². The number of ether oxygens (including phenoxy) is 1. The first kappa shape index (κ1) is 11.4. The monoisotopic (exact) mass is 243 g/mol. The molecule has 0 spiro atoms. The minimum atomic E-state index is -0.374. The highest BCUT2D eigenvalue weighted by molar-refractivity contribution is 7.11. The Balaban J connectivity index is 2.47. The van der Waals surface area contributed by atoms with Gasteiger partial charge in [0.2, 0.25) is 0 Å². The van der Waals surface area contributed by atoms with E-state index in [1.807, 2.05) is 17.5 Å². The van der Waals surface area contributed by atoms with Crippen molar-refractivity contribution in [2.75, 3.05) is 7.11 Å². The Hall–Kier alpha value is -2.12. The summed E-state index contributed by atoms with van der Waals surface area (Å²) in [6, 6.07) is 11.1. The van der Waals surface area contributed by atoms with Crippen molar-refractivity contribution in [2.24, 2.45) is 0 Å². The highest BCUT2D eigenvalue weighted by atomic mass is 32.1. The maximum atomic E-state index is 11.4. The summed E-state index contributed by atoms with van der Waals surface area (Å²) < 4.78 is 4.66. The van der Waals surface area contributed by atoms with Crippen molar-refractivity contribution in [3.8, 4) is 17.2 Å². The molecule has 0 N–H and O–H groups in total. The quantitative estimate of drug-likeness (QED) is 0.761. The molecule has 0 bridgehead atoms. The Morgan fingerprint density at radius 2 is 2.24 bits per heavy atom. The molecular formula is C13H9NO2S. The summed E-state index contributed by atoms with van der Waals surface area (Å²) in [6.07, 6.45) is 0. The van der Waals surface area contributed by atoms with Gasteiger partial charge in [-0.3, -0.25) is 0 Å². The van der Waals surface area contributed by atoms with E-state index in [-0.39, 0.29) is 5.97 Å². The van der Waals surface area contributed by atoms with Crippen LogP contribution in [0, 0.1) is 11.3 Å². The third-order valence-corrected chi connectivity index (χ3v) is 3.18. The molecule has 0 aliphatic carbocycles. The summed E-state index contributed by atoms with van der Waals surface area (Å²) in [5.74, 6) is -0.374. The second-order valence-electron chi connectivity index (χ2n) is 3.35. The standard InChI is InChI=1S/C13H9NO2S/c1-16-13(15)10-4-2-3-9(7-10)11-5-6-17-12(11)8-14/h2-7H,1H3. The molecule has 0 saturated carbocycles.